The number of aromatic nitrogens is 3. The van der Waals surface area contributed by atoms with Gasteiger partial charge >= 0.3 is 0 Å². The van der Waals surface area contributed by atoms with E-state index in [-0.39, 0.29) is 5.91 Å². The molecule has 2 heterocycles. The molecule has 0 aliphatic heterocycles. The molecule has 1 amide bonds. The summed E-state index contributed by atoms with van der Waals surface area (Å²) in [6.07, 6.45) is 1.58. The number of nitrogens with one attached hydrogen (secondary N) is 2. The standard InChI is InChI=1S/C16H13ClN4O/c1-10-14(19-16(22)13-4-2-3-9-18-13)15(21-20-10)11-5-7-12(17)8-6-11/h2-9H,1H3,(H,19,22)(H,20,21). The van der Waals surface area contributed by atoms with Gasteiger partial charge in [0.25, 0.3) is 5.91 Å². The van der Waals surface area contributed by atoms with Crippen LogP contribution in [0.15, 0.2) is 48.7 Å². The Labute approximate surface area is 132 Å². The van der Waals surface area contributed by atoms with Crippen molar-refractivity contribution in [3.8, 4) is 11.3 Å². The number of hydrogen-bond donors (Lipinski definition) is 2. The number of benzene rings is 1. The average molecular weight is 313 g/mol. The van der Waals surface area contributed by atoms with Gasteiger partial charge in [-0.2, -0.15) is 5.10 Å². The molecular weight excluding hydrogens is 300 g/mol. The van der Waals surface area contributed by atoms with Crippen molar-refractivity contribution in [2.24, 2.45) is 0 Å². The molecule has 0 saturated heterocycles. The van der Waals surface area contributed by atoms with Gasteiger partial charge in [0.2, 0.25) is 0 Å². The molecule has 0 aliphatic rings. The van der Waals surface area contributed by atoms with Gasteiger partial charge in [0, 0.05) is 16.8 Å². The van der Waals surface area contributed by atoms with Crippen molar-refractivity contribution in [2.75, 3.05) is 5.32 Å². The third kappa shape index (κ3) is 2.84. The molecule has 6 heteroatoms. The number of halogens is 1. The summed E-state index contributed by atoms with van der Waals surface area (Å²) in [6.45, 7) is 1.85. The third-order valence-electron chi connectivity index (χ3n) is 3.20. The molecule has 5 nitrogen and oxygen atoms in total. The minimum atomic E-state index is -0.277. The van der Waals surface area contributed by atoms with Crippen molar-refractivity contribution < 1.29 is 4.79 Å². The lowest BCUT2D eigenvalue weighted by Gasteiger charge is -2.06. The van der Waals surface area contributed by atoms with Crippen molar-refractivity contribution in [1.29, 1.82) is 0 Å². The Balaban J connectivity index is 1.93. The van der Waals surface area contributed by atoms with Gasteiger partial charge in [0.15, 0.2) is 0 Å². The number of anilines is 1. The number of carbonyl (C=O) groups excluding carboxylic acids is 1. The summed E-state index contributed by atoms with van der Waals surface area (Å²) in [5.74, 6) is -0.277. The molecule has 3 rings (SSSR count). The third-order valence-corrected chi connectivity index (χ3v) is 3.45. The number of amides is 1. The van der Waals surface area contributed by atoms with E-state index in [9.17, 15) is 4.79 Å². The molecule has 0 atom stereocenters. The van der Waals surface area contributed by atoms with E-state index in [1.807, 2.05) is 19.1 Å². The molecule has 1 aromatic carbocycles. The molecule has 0 aliphatic carbocycles. The monoisotopic (exact) mass is 312 g/mol. The van der Waals surface area contributed by atoms with E-state index in [1.165, 1.54) is 0 Å². The van der Waals surface area contributed by atoms with E-state index >= 15 is 0 Å². The second-order valence-electron chi connectivity index (χ2n) is 4.75. The summed E-state index contributed by atoms with van der Waals surface area (Å²) in [5, 5.41) is 10.7. The van der Waals surface area contributed by atoms with Crippen LogP contribution in [-0.2, 0) is 0 Å². The van der Waals surface area contributed by atoms with Gasteiger partial charge in [0.05, 0.1) is 11.4 Å². The Kier molecular flexibility index (Phi) is 3.89. The molecule has 0 unspecified atom stereocenters. The quantitative estimate of drug-likeness (QED) is 0.775. The Hall–Kier alpha value is -2.66. The molecule has 0 radical (unpaired) electrons. The van der Waals surface area contributed by atoms with Crippen LogP contribution in [-0.4, -0.2) is 21.1 Å². The fourth-order valence-electron chi connectivity index (χ4n) is 2.07. The zero-order chi connectivity index (χ0) is 15.5. The van der Waals surface area contributed by atoms with E-state index in [0.29, 0.717) is 22.1 Å². The zero-order valence-electron chi connectivity index (χ0n) is 11.8. The van der Waals surface area contributed by atoms with Gasteiger partial charge in [-0.25, -0.2) is 0 Å². The first kappa shape index (κ1) is 14.3. The van der Waals surface area contributed by atoms with E-state index < -0.39 is 0 Å². The van der Waals surface area contributed by atoms with E-state index in [2.05, 4.69) is 20.5 Å². The first-order chi connectivity index (χ1) is 10.6. The zero-order valence-corrected chi connectivity index (χ0v) is 12.6. The number of rotatable bonds is 3. The maximum absolute atomic E-state index is 12.3. The van der Waals surface area contributed by atoms with Crippen molar-refractivity contribution in [1.82, 2.24) is 15.2 Å². The number of hydrogen-bond acceptors (Lipinski definition) is 3. The van der Waals surface area contributed by atoms with Crippen LogP contribution < -0.4 is 5.32 Å². The predicted molar refractivity (Wildman–Crippen MR) is 86.0 cm³/mol. The Morgan fingerprint density at radius 2 is 1.95 bits per heavy atom. The van der Waals surface area contributed by atoms with Gasteiger partial charge in [0.1, 0.15) is 11.4 Å². The molecule has 0 fully saturated rings. The summed E-state index contributed by atoms with van der Waals surface area (Å²) in [7, 11) is 0. The number of H-pyrrole nitrogens is 1. The fourth-order valence-corrected chi connectivity index (χ4v) is 2.20. The number of carbonyl (C=O) groups is 1. The number of aromatic amines is 1. The summed E-state index contributed by atoms with van der Waals surface area (Å²) < 4.78 is 0. The smallest absolute Gasteiger partial charge is 0.274 e. The lowest BCUT2D eigenvalue weighted by molar-refractivity contribution is 0.102. The second kappa shape index (κ2) is 5.99. The number of aryl methyl sites for hydroxylation is 1. The first-order valence-electron chi connectivity index (χ1n) is 6.68. The van der Waals surface area contributed by atoms with Gasteiger partial charge in [-0.05, 0) is 31.2 Å². The highest BCUT2D eigenvalue weighted by atomic mass is 35.5. The van der Waals surface area contributed by atoms with Gasteiger partial charge in [-0.3, -0.25) is 14.9 Å². The van der Waals surface area contributed by atoms with Crippen LogP contribution in [0.25, 0.3) is 11.3 Å². The molecule has 0 saturated carbocycles. The van der Waals surface area contributed by atoms with Crippen LogP contribution in [0.4, 0.5) is 5.69 Å². The first-order valence-corrected chi connectivity index (χ1v) is 7.06. The highest BCUT2D eigenvalue weighted by Gasteiger charge is 2.16. The van der Waals surface area contributed by atoms with Crippen LogP contribution in [0.3, 0.4) is 0 Å². The van der Waals surface area contributed by atoms with Crippen LogP contribution in [0.2, 0.25) is 5.02 Å². The lowest BCUT2D eigenvalue weighted by Crippen LogP contribution is -2.14. The Morgan fingerprint density at radius 1 is 1.18 bits per heavy atom. The summed E-state index contributed by atoms with van der Waals surface area (Å²) >= 11 is 5.90. The van der Waals surface area contributed by atoms with Crippen LogP contribution in [0.1, 0.15) is 16.2 Å². The highest BCUT2D eigenvalue weighted by molar-refractivity contribution is 6.30. The fraction of sp³-hybridized carbons (Fsp3) is 0.0625. The highest BCUT2D eigenvalue weighted by Crippen LogP contribution is 2.29. The van der Waals surface area contributed by atoms with Crippen LogP contribution >= 0.6 is 11.6 Å². The minimum Gasteiger partial charge on any atom is -0.317 e. The average Bonchev–Trinajstić information content (AvgIpc) is 2.90. The summed E-state index contributed by atoms with van der Waals surface area (Å²) in [6, 6.07) is 12.5. The van der Waals surface area contributed by atoms with E-state index in [0.717, 1.165) is 11.3 Å². The largest absolute Gasteiger partial charge is 0.317 e. The molecule has 0 bridgehead atoms. The SMILES string of the molecule is Cc1[nH]nc(-c2ccc(Cl)cc2)c1NC(=O)c1ccccn1. The molecule has 2 aromatic heterocycles. The molecule has 3 aromatic rings. The maximum atomic E-state index is 12.3. The van der Waals surface area contributed by atoms with Crippen molar-refractivity contribution in [2.45, 2.75) is 6.92 Å². The summed E-state index contributed by atoms with van der Waals surface area (Å²) in [5.41, 5.74) is 3.29. The van der Waals surface area contributed by atoms with Gasteiger partial charge < -0.3 is 5.32 Å². The molecular formula is C16H13ClN4O. The Morgan fingerprint density at radius 3 is 2.64 bits per heavy atom. The molecule has 2 N–H and O–H groups in total. The normalized spacial score (nSPS) is 10.5. The molecule has 0 spiro atoms. The maximum Gasteiger partial charge on any atom is 0.274 e. The van der Waals surface area contributed by atoms with Crippen LogP contribution in [0, 0.1) is 6.92 Å². The number of nitrogens with zero attached hydrogens (tertiary/aromatic N) is 2. The van der Waals surface area contributed by atoms with Gasteiger partial charge in [-0.15, -0.1) is 0 Å². The predicted octanol–water partition coefficient (Wildman–Crippen LogP) is 3.69. The van der Waals surface area contributed by atoms with Crippen molar-refractivity contribution in [3.63, 3.8) is 0 Å². The summed E-state index contributed by atoms with van der Waals surface area (Å²) in [4.78, 5) is 16.3. The number of pyridine rings is 1. The second-order valence-corrected chi connectivity index (χ2v) is 5.18. The van der Waals surface area contributed by atoms with Gasteiger partial charge in [-0.1, -0.05) is 29.8 Å². The molecule has 22 heavy (non-hydrogen) atoms. The topological polar surface area (TPSA) is 70.7 Å². The minimum absolute atomic E-state index is 0.277. The van der Waals surface area contributed by atoms with E-state index in [1.54, 1.807) is 36.5 Å². The van der Waals surface area contributed by atoms with Crippen molar-refractivity contribution in [3.05, 3.63) is 65.1 Å². The Bertz CT molecular complexity index is 797. The van der Waals surface area contributed by atoms with Crippen molar-refractivity contribution >= 4 is 23.2 Å². The lowest BCUT2D eigenvalue weighted by atomic mass is 10.1. The van der Waals surface area contributed by atoms with E-state index in [4.69, 9.17) is 11.6 Å². The van der Waals surface area contributed by atoms with Crippen LogP contribution in [0.5, 0.6) is 0 Å². The molecule has 110 valence electrons.